The monoisotopic (exact) mass is 289 g/mol. The van der Waals surface area contributed by atoms with Crippen LogP contribution in [0.25, 0.3) is 0 Å². The molecule has 0 aromatic heterocycles. The molecule has 0 aliphatic heterocycles. The molecule has 1 saturated carbocycles. The minimum atomic E-state index is -3.58. The van der Waals surface area contributed by atoms with Crippen LogP contribution in [0.5, 0.6) is 0 Å². The summed E-state index contributed by atoms with van der Waals surface area (Å²) < 4.78 is 26.6. The van der Waals surface area contributed by atoms with Crippen molar-refractivity contribution < 1.29 is 8.42 Å². The normalized spacial score (nSPS) is 14.8. The van der Waals surface area contributed by atoms with Gasteiger partial charge < -0.3 is 0 Å². The van der Waals surface area contributed by atoms with E-state index >= 15 is 0 Å². The van der Waals surface area contributed by atoms with Crippen molar-refractivity contribution in [3.05, 3.63) is 29.3 Å². The molecule has 0 heterocycles. The molecule has 5 nitrogen and oxygen atoms in total. The zero-order chi connectivity index (χ0) is 14.8. The minimum Gasteiger partial charge on any atom is -0.207 e. The van der Waals surface area contributed by atoms with E-state index in [2.05, 4.69) is 0 Å². The van der Waals surface area contributed by atoms with Crippen LogP contribution in [0.3, 0.4) is 0 Å². The number of rotatable bonds is 5. The molecule has 1 aliphatic carbocycles. The summed E-state index contributed by atoms with van der Waals surface area (Å²) in [5, 5.41) is 17.5. The predicted octanol–water partition coefficient (Wildman–Crippen LogP) is 1.93. The first-order valence-corrected chi connectivity index (χ1v) is 7.84. The highest BCUT2D eigenvalue weighted by Crippen LogP contribution is 2.32. The van der Waals surface area contributed by atoms with Crippen molar-refractivity contribution in [3.8, 4) is 12.1 Å². The lowest BCUT2D eigenvalue weighted by Gasteiger charge is -2.21. The van der Waals surface area contributed by atoms with Crippen LogP contribution in [0, 0.1) is 29.6 Å². The Morgan fingerprint density at radius 2 is 2.05 bits per heavy atom. The average Bonchev–Trinajstić information content (AvgIpc) is 3.23. The third-order valence-corrected chi connectivity index (χ3v) is 5.27. The molecule has 1 fully saturated rings. The number of aryl methyl sites for hydroxylation is 1. The third-order valence-electron chi connectivity index (χ3n) is 3.32. The van der Waals surface area contributed by atoms with E-state index < -0.39 is 10.0 Å². The second-order valence-corrected chi connectivity index (χ2v) is 6.73. The molecule has 2 rings (SSSR count). The van der Waals surface area contributed by atoms with E-state index in [9.17, 15) is 8.42 Å². The van der Waals surface area contributed by atoms with Gasteiger partial charge in [0.05, 0.1) is 22.6 Å². The summed E-state index contributed by atoms with van der Waals surface area (Å²) >= 11 is 0. The standard InChI is InChI=1S/C14H15N3O2S/c1-11-9-14(6-3-12(11)10-16)20(18,19)17(8-2-7-15)13-4-5-13/h3,6,9,13H,2,4-5,8H2,1H3. The van der Waals surface area contributed by atoms with E-state index in [0.29, 0.717) is 11.1 Å². The van der Waals surface area contributed by atoms with E-state index in [1.54, 1.807) is 6.92 Å². The summed E-state index contributed by atoms with van der Waals surface area (Å²) in [6.45, 7) is 1.94. The number of benzene rings is 1. The fourth-order valence-electron chi connectivity index (χ4n) is 2.08. The van der Waals surface area contributed by atoms with E-state index in [1.807, 2.05) is 12.1 Å². The highest BCUT2D eigenvalue weighted by atomic mass is 32.2. The van der Waals surface area contributed by atoms with Gasteiger partial charge in [0, 0.05) is 19.0 Å². The Labute approximate surface area is 119 Å². The van der Waals surface area contributed by atoms with Crippen LogP contribution in [0.1, 0.15) is 30.4 Å². The van der Waals surface area contributed by atoms with E-state index in [-0.39, 0.29) is 23.9 Å². The van der Waals surface area contributed by atoms with Crippen LogP contribution in [-0.2, 0) is 10.0 Å². The lowest BCUT2D eigenvalue weighted by Crippen LogP contribution is -2.34. The molecular weight excluding hydrogens is 274 g/mol. The molecule has 104 valence electrons. The number of nitriles is 2. The second-order valence-electron chi connectivity index (χ2n) is 4.84. The molecule has 0 bridgehead atoms. The number of sulfonamides is 1. The van der Waals surface area contributed by atoms with Gasteiger partial charge in [-0.3, -0.25) is 0 Å². The minimum absolute atomic E-state index is 0.0179. The molecule has 0 N–H and O–H groups in total. The summed E-state index contributed by atoms with van der Waals surface area (Å²) in [4.78, 5) is 0.193. The SMILES string of the molecule is Cc1cc(S(=O)(=O)N(CCC#N)C2CC2)ccc1C#N. The molecule has 1 aromatic carbocycles. The topological polar surface area (TPSA) is 85.0 Å². The molecule has 6 heteroatoms. The first kappa shape index (κ1) is 14.5. The maximum Gasteiger partial charge on any atom is 0.243 e. The largest absolute Gasteiger partial charge is 0.243 e. The maximum absolute atomic E-state index is 12.6. The smallest absolute Gasteiger partial charge is 0.207 e. The van der Waals surface area contributed by atoms with Crippen molar-refractivity contribution in [2.45, 2.75) is 37.1 Å². The lowest BCUT2D eigenvalue weighted by atomic mass is 10.1. The molecule has 0 amide bonds. The van der Waals surface area contributed by atoms with Crippen molar-refractivity contribution in [3.63, 3.8) is 0 Å². The second kappa shape index (κ2) is 5.62. The molecule has 0 radical (unpaired) electrons. The van der Waals surface area contributed by atoms with Gasteiger partial charge in [-0.25, -0.2) is 8.42 Å². The van der Waals surface area contributed by atoms with Crippen LogP contribution in [-0.4, -0.2) is 25.3 Å². The molecule has 0 unspecified atom stereocenters. The average molecular weight is 289 g/mol. The molecule has 1 aliphatic rings. The van der Waals surface area contributed by atoms with Gasteiger partial charge in [-0.15, -0.1) is 0 Å². The number of hydrogen-bond acceptors (Lipinski definition) is 4. The number of nitrogens with zero attached hydrogens (tertiary/aromatic N) is 3. The Bertz CT molecular complexity index is 694. The Kier molecular flexibility index (Phi) is 4.08. The summed E-state index contributed by atoms with van der Waals surface area (Å²) in [6, 6.07) is 8.53. The highest BCUT2D eigenvalue weighted by molar-refractivity contribution is 7.89. The Morgan fingerprint density at radius 3 is 2.55 bits per heavy atom. The maximum atomic E-state index is 12.6. The zero-order valence-corrected chi connectivity index (χ0v) is 12.0. The Balaban J connectivity index is 2.35. The van der Waals surface area contributed by atoms with E-state index in [4.69, 9.17) is 10.5 Å². The molecule has 20 heavy (non-hydrogen) atoms. The van der Waals surface area contributed by atoms with Crippen LogP contribution in [0.4, 0.5) is 0 Å². The van der Waals surface area contributed by atoms with Crippen LogP contribution < -0.4 is 0 Å². The molecular formula is C14H15N3O2S. The quantitative estimate of drug-likeness (QED) is 0.829. The van der Waals surface area contributed by atoms with Crippen LogP contribution in [0.15, 0.2) is 23.1 Å². The van der Waals surface area contributed by atoms with Gasteiger partial charge in [-0.2, -0.15) is 14.8 Å². The van der Waals surface area contributed by atoms with Gasteiger partial charge in [0.1, 0.15) is 0 Å². The van der Waals surface area contributed by atoms with Crippen LogP contribution >= 0.6 is 0 Å². The Hall–Kier alpha value is -1.89. The highest BCUT2D eigenvalue weighted by Gasteiger charge is 2.37. The van der Waals surface area contributed by atoms with Gasteiger partial charge >= 0.3 is 0 Å². The van der Waals surface area contributed by atoms with Gasteiger partial charge in [0.25, 0.3) is 0 Å². The van der Waals surface area contributed by atoms with Gasteiger partial charge in [0.2, 0.25) is 10.0 Å². The molecule has 0 spiro atoms. The summed E-state index contributed by atoms with van der Waals surface area (Å²) in [6.07, 6.45) is 1.88. The molecule has 1 aromatic rings. The first-order chi connectivity index (χ1) is 9.50. The van der Waals surface area contributed by atoms with Crippen molar-refractivity contribution in [2.75, 3.05) is 6.54 Å². The van der Waals surface area contributed by atoms with Crippen molar-refractivity contribution >= 4 is 10.0 Å². The van der Waals surface area contributed by atoms with Crippen molar-refractivity contribution in [1.82, 2.24) is 4.31 Å². The fraction of sp³-hybridized carbons (Fsp3) is 0.429. The van der Waals surface area contributed by atoms with Gasteiger partial charge in [-0.1, -0.05) is 0 Å². The first-order valence-electron chi connectivity index (χ1n) is 6.40. The van der Waals surface area contributed by atoms with Crippen LogP contribution in [0.2, 0.25) is 0 Å². The fourth-order valence-corrected chi connectivity index (χ4v) is 3.85. The van der Waals surface area contributed by atoms with E-state index in [1.165, 1.54) is 22.5 Å². The molecule has 0 saturated heterocycles. The third kappa shape index (κ3) is 2.82. The predicted molar refractivity (Wildman–Crippen MR) is 73.0 cm³/mol. The zero-order valence-electron chi connectivity index (χ0n) is 11.2. The lowest BCUT2D eigenvalue weighted by molar-refractivity contribution is 0.411. The van der Waals surface area contributed by atoms with Gasteiger partial charge in [0.15, 0.2) is 0 Å². The van der Waals surface area contributed by atoms with E-state index in [0.717, 1.165) is 12.8 Å². The number of hydrogen-bond donors (Lipinski definition) is 0. The summed E-state index contributed by atoms with van der Waals surface area (Å²) in [5.74, 6) is 0. The molecule has 0 atom stereocenters. The van der Waals surface area contributed by atoms with Gasteiger partial charge in [-0.05, 0) is 43.5 Å². The summed E-state index contributed by atoms with van der Waals surface area (Å²) in [7, 11) is -3.58. The summed E-state index contributed by atoms with van der Waals surface area (Å²) in [5.41, 5.74) is 1.11. The Morgan fingerprint density at radius 1 is 1.35 bits per heavy atom. The van der Waals surface area contributed by atoms with Crippen molar-refractivity contribution in [1.29, 1.82) is 10.5 Å². The van der Waals surface area contributed by atoms with Crippen molar-refractivity contribution in [2.24, 2.45) is 0 Å².